The average molecular weight is 309 g/mol. The lowest BCUT2D eigenvalue weighted by Crippen LogP contribution is -2.01. The zero-order chi connectivity index (χ0) is 15.5. The summed E-state index contributed by atoms with van der Waals surface area (Å²) in [6.45, 7) is 0. The smallest absolute Gasteiger partial charge is 0.336 e. The van der Waals surface area contributed by atoms with Crippen LogP contribution in [0.5, 0.6) is 0 Å². The minimum atomic E-state index is -0.965. The number of aromatic carboxylic acids is 1. The standard InChI is InChI=1S/C19H13ClO2/c20-16-12-11-15(19(21)22)17(13-7-3-1-4-8-13)18(16)14-9-5-2-6-10-14/h1-12H,(H,21,22). The van der Waals surface area contributed by atoms with E-state index < -0.39 is 5.97 Å². The molecule has 0 amide bonds. The second-order valence-electron chi connectivity index (χ2n) is 4.88. The van der Waals surface area contributed by atoms with Gasteiger partial charge in [0, 0.05) is 16.1 Å². The topological polar surface area (TPSA) is 37.3 Å². The van der Waals surface area contributed by atoms with Crippen LogP contribution in [0.15, 0.2) is 72.8 Å². The van der Waals surface area contributed by atoms with E-state index in [4.69, 9.17) is 11.6 Å². The average Bonchev–Trinajstić information content (AvgIpc) is 2.56. The summed E-state index contributed by atoms with van der Waals surface area (Å²) in [5.41, 5.74) is 3.37. The molecule has 0 saturated heterocycles. The van der Waals surface area contributed by atoms with Gasteiger partial charge in [-0.25, -0.2) is 4.79 Å². The third-order valence-corrected chi connectivity index (χ3v) is 3.82. The van der Waals surface area contributed by atoms with Gasteiger partial charge < -0.3 is 5.11 Å². The highest BCUT2D eigenvalue weighted by Crippen LogP contribution is 2.39. The first-order valence-corrected chi connectivity index (χ1v) is 7.23. The Hall–Kier alpha value is -2.58. The largest absolute Gasteiger partial charge is 0.478 e. The summed E-state index contributed by atoms with van der Waals surface area (Å²) in [7, 11) is 0. The second-order valence-corrected chi connectivity index (χ2v) is 5.29. The first-order valence-electron chi connectivity index (χ1n) is 6.85. The Morgan fingerprint density at radius 2 is 1.23 bits per heavy atom. The zero-order valence-electron chi connectivity index (χ0n) is 11.7. The highest BCUT2D eigenvalue weighted by molar-refractivity contribution is 6.34. The number of hydrogen-bond acceptors (Lipinski definition) is 1. The van der Waals surface area contributed by atoms with E-state index in [1.807, 2.05) is 60.7 Å². The van der Waals surface area contributed by atoms with Crippen LogP contribution in [-0.2, 0) is 0 Å². The highest BCUT2D eigenvalue weighted by atomic mass is 35.5. The summed E-state index contributed by atoms with van der Waals surface area (Å²) < 4.78 is 0. The molecule has 108 valence electrons. The molecule has 2 nitrogen and oxygen atoms in total. The van der Waals surface area contributed by atoms with Crippen LogP contribution < -0.4 is 0 Å². The predicted octanol–water partition coefficient (Wildman–Crippen LogP) is 5.37. The molecule has 0 atom stereocenters. The minimum Gasteiger partial charge on any atom is -0.478 e. The van der Waals surface area contributed by atoms with E-state index in [-0.39, 0.29) is 5.56 Å². The van der Waals surface area contributed by atoms with E-state index in [0.29, 0.717) is 10.6 Å². The summed E-state index contributed by atoms with van der Waals surface area (Å²) in [4.78, 5) is 11.6. The van der Waals surface area contributed by atoms with Gasteiger partial charge in [0.15, 0.2) is 0 Å². The molecular weight excluding hydrogens is 296 g/mol. The van der Waals surface area contributed by atoms with Crippen LogP contribution in [0.3, 0.4) is 0 Å². The SMILES string of the molecule is O=C(O)c1ccc(Cl)c(-c2ccccc2)c1-c1ccccc1. The number of carboxylic acid groups (broad SMARTS) is 1. The van der Waals surface area contributed by atoms with Crippen molar-refractivity contribution < 1.29 is 9.90 Å². The molecule has 3 aromatic rings. The van der Waals surface area contributed by atoms with Gasteiger partial charge in [0.05, 0.1) is 5.56 Å². The van der Waals surface area contributed by atoms with Gasteiger partial charge in [0.2, 0.25) is 0 Å². The monoisotopic (exact) mass is 308 g/mol. The molecule has 0 unspecified atom stereocenters. The van der Waals surface area contributed by atoms with Crippen LogP contribution in [0.4, 0.5) is 0 Å². The second kappa shape index (κ2) is 6.04. The fourth-order valence-electron chi connectivity index (χ4n) is 2.55. The Bertz CT molecular complexity index is 812. The molecule has 0 aromatic heterocycles. The number of hydrogen-bond donors (Lipinski definition) is 1. The van der Waals surface area contributed by atoms with E-state index >= 15 is 0 Å². The number of carboxylic acids is 1. The van der Waals surface area contributed by atoms with Crippen molar-refractivity contribution in [1.82, 2.24) is 0 Å². The maximum Gasteiger partial charge on any atom is 0.336 e. The summed E-state index contributed by atoms with van der Waals surface area (Å²) in [6.07, 6.45) is 0. The molecule has 0 radical (unpaired) electrons. The van der Waals surface area contributed by atoms with Gasteiger partial charge in [-0.15, -0.1) is 0 Å². The van der Waals surface area contributed by atoms with Crippen molar-refractivity contribution in [2.45, 2.75) is 0 Å². The van der Waals surface area contributed by atoms with Gasteiger partial charge in [-0.05, 0) is 23.3 Å². The highest BCUT2D eigenvalue weighted by Gasteiger charge is 2.19. The van der Waals surface area contributed by atoms with E-state index in [2.05, 4.69) is 0 Å². The fraction of sp³-hybridized carbons (Fsp3) is 0. The molecule has 0 bridgehead atoms. The Balaban J connectivity index is 2.38. The molecule has 0 fully saturated rings. The third-order valence-electron chi connectivity index (χ3n) is 3.51. The van der Waals surface area contributed by atoms with Crippen molar-refractivity contribution in [3.63, 3.8) is 0 Å². The molecule has 0 spiro atoms. The van der Waals surface area contributed by atoms with Crippen molar-refractivity contribution in [2.75, 3.05) is 0 Å². The molecule has 3 rings (SSSR count). The van der Waals surface area contributed by atoms with Crippen molar-refractivity contribution in [3.8, 4) is 22.3 Å². The third kappa shape index (κ3) is 2.61. The molecule has 0 aliphatic rings. The quantitative estimate of drug-likeness (QED) is 0.706. The number of halogens is 1. The first-order chi connectivity index (χ1) is 10.7. The van der Waals surface area contributed by atoms with Crippen LogP contribution in [0.2, 0.25) is 5.02 Å². The molecule has 22 heavy (non-hydrogen) atoms. The van der Waals surface area contributed by atoms with Crippen molar-refractivity contribution in [3.05, 3.63) is 83.4 Å². The van der Waals surface area contributed by atoms with Crippen LogP contribution in [0.25, 0.3) is 22.3 Å². The van der Waals surface area contributed by atoms with Gasteiger partial charge in [-0.2, -0.15) is 0 Å². The molecule has 0 heterocycles. The van der Waals surface area contributed by atoms with E-state index in [0.717, 1.165) is 16.7 Å². The maximum atomic E-state index is 11.6. The van der Waals surface area contributed by atoms with E-state index in [9.17, 15) is 9.90 Å². The molecule has 0 saturated carbocycles. The summed E-state index contributed by atoms with van der Waals surface area (Å²) in [6, 6.07) is 22.2. The van der Waals surface area contributed by atoms with Crippen LogP contribution >= 0.6 is 11.6 Å². The normalized spacial score (nSPS) is 10.4. The molecule has 1 N–H and O–H groups in total. The maximum absolute atomic E-state index is 11.6. The lowest BCUT2D eigenvalue weighted by molar-refractivity contribution is 0.0698. The van der Waals surface area contributed by atoms with Crippen molar-refractivity contribution in [1.29, 1.82) is 0 Å². The molecule has 3 aromatic carbocycles. The van der Waals surface area contributed by atoms with Crippen molar-refractivity contribution in [2.24, 2.45) is 0 Å². The molecule has 3 heteroatoms. The first kappa shape index (κ1) is 14.4. The molecular formula is C19H13ClO2. The number of rotatable bonds is 3. The van der Waals surface area contributed by atoms with Gasteiger partial charge in [0.25, 0.3) is 0 Å². The lowest BCUT2D eigenvalue weighted by Gasteiger charge is -2.15. The molecule has 0 aliphatic carbocycles. The Morgan fingerprint density at radius 3 is 1.73 bits per heavy atom. The van der Waals surface area contributed by atoms with Crippen LogP contribution in [0, 0.1) is 0 Å². The summed E-state index contributed by atoms with van der Waals surface area (Å²) >= 11 is 6.40. The Morgan fingerprint density at radius 1 is 0.727 bits per heavy atom. The Labute approximate surface area is 133 Å². The lowest BCUT2D eigenvalue weighted by atomic mass is 9.90. The van der Waals surface area contributed by atoms with Gasteiger partial charge >= 0.3 is 5.97 Å². The van der Waals surface area contributed by atoms with Gasteiger partial charge in [-0.1, -0.05) is 72.3 Å². The van der Waals surface area contributed by atoms with Crippen molar-refractivity contribution >= 4 is 17.6 Å². The Kier molecular flexibility index (Phi) is 3.94. The van der Waals surface area contributed by atoms with E-state index in [1.54, 1.807) is 12.1 Å². The minimum absolute atomic E-state index is 0.245. The van der Waals surface area contributed by atoms with E-state index in [1.165, 1.54) is 0 Å². The zero-order valence-corrected chi connectivity index (χ0v) is 12.4. The van der Waals surface area contributed by atoms with Gasteiger partial charge in [0.1, 0.15) is 0 Å². The van der Waals surface area contributed by atoms with Crippen LogP contribution in [-0.4, -0.2) is 11.1 Å². The number of carbonyl (C=O) groups is 1. The van der Waals surface area contributed by atoms with Crippen LogP contribution in [0.1, 0.15) is 10.4 Å². The number of benzene rings is 3. The van der Waals surface area contributed by atoms with Gasteiger partial charge in [-0.3, -0.25) is 0 Å². The summed E-state index contributed by atoms with van der Waals surface area (Å²) in [5.74, 6) is -0.965. The summed E-state index contributed by atoms with van der Waals surface area (Å²) in [5, 5.41) is 10.1. The fourth-order valence-corrected chi connectivity index (χ4v) is 2.81. The molecule has 0 aliphatic heterocycles. The predicted molar refractivity (Wildman–Crippen MR) is 89.3 cm³/mol.